The molecule has 1 unspecified atom stereocenters. The summed E-state index contributed by atoms with van der Waals surface area (Å²) in [6.07, 6.45) is -1.28. The van der Waals surface area contributed by atoms with Crippen LogP contribution in [0.25, 0.3) is 0 Å². The fourth-order valence-corrected chi connectivity index (χ4v) is 1.82. The third kappa shape index (κ3) is 1.68. The third-order valence-corrected chi connectivity index (χ3v) is 2.68. The van der Waals surface area contributed by atoms with Gasteiger partial charge in [0.15, 0.2) is 0 Å². The topological polar surface area (TPSA) is 38.3 Å². The van der Waals surface area contributed by atoms with Gasteiger partial charge in [0.25, 0.3) is 5.60 Å². The maximum atomic E-state index is 13.1. The first kappa shape index (κ1) is 12.6. The number of hydrogen-bond donors (Lipinski definition) is 1. The number of halogens is 4. The first-order chi connectivity index (χ1) is 8.30. The molecule has 0 bridgehead atoms. The van der Waals surface area contributed by atoms with E-state index in [1.165, 1.54) is 18.1 Å². The Balaban J connectivity index is 2.75. The summed E-state index contributed by atoms with van der Waals surface area (Å²) in [7, 11) is 0. The van der Waals surface area contributed by atoms with Crippen LogP contribution in [0.3, 0.4) is 0 Å². The van der Waals surface area contributed by atoms with Crippen molar-refractivity contribution in [2.24, 2.45) is 0 Å². The average Bonchev–Trinajstić information content (AvgIpc) is 2.27. The standard InChI is InChI=1S/C11H5ClF3NO2/c1-2-10(11(13,14)15)7-5-6(12)3-4-8(7)16-9(17)18-10/h1,3-5H,(H,16,17). The number of anilines is 1. The number of rotatable bonds is 0. The zero-order valence-electron chi connectivity index (χ0n) is 8.64. The lowest BCUT2D eigenvalue weighted by atomic mass is 9.91. The fraction of sp³-hybridized carbons (Fsp3) is 0.182. The fourth-order valence-electron chi connectivity index (χ4n) is 1.65. The Morgan fingerprint density at radius 1 is 1.44 bits per heavy atom. The molecule has 3 nitrogen and oxygen atoms in total. The molecule has 7 heteroatoms. The van der Waals surface area contributed by atoms with E-state index in [1.54, 1.807) is 0 Å². The van der Waals surface area contributed by atoms with Crippen molar-refractivity contribution in [2.45, 2.75) is 11.8 Å². The molecule has 2 rings (SSSR count). The zero-order valence-corrected chi connectivity index (χ0v) is 9.39. The van der Waals surface area contributed by atoms with E-state index >= 15 is 0 Å². The summed E-state index contributed by atoms with van der Waals surface area (Å²) in [5, 5.41) is 2.19. The molecule has 18 heavy (non-hydrogen) atoms. The van der Waals surface area contributed by atoms with Crippen LogP contribution in [-0.4, -0.2) is 12.3 Å². The van der Waals surface area contributed by atoms with Gasteiger partial charge in [0, 0.05) is 10.6 Å². The lowest BCUT2D eigenvalue weighted by Gasteiger charge is -2.35. The van der Waals surface area contributed by atoms with Gasteiger partial charge in [-0.05, 0) is 24.1 Å². The van der Waals surface area contributed by atoms with Crippen molar-refractivity contribution in [3.8, 4) is 12.3 Å². The van der Waals surface area contributed by atoms with E-state index < -0.39 is 23.4 Å². The second kappa shape index (κ2) is 3.82. The van der Waals surface area contributed by atoms with Gasteiger partial charge in [-0.3, -0.25) is 5.32 Å². The SMILES string of the molecule is C#CC1(C(F)(F)F)OC(=O)Nc2ccc(Cl)cc21. The predicted molar refractivity (Wildman–Crippen MR) is 58.1 cm³/mol. The molecule has 0 spiro atoms. The van der Waals surface area contributed by atoms with E-state index in [0.29, 0.717) is 0 Å². The summed E-state index contributed by atoms with van der Waals surface area (Å²) in [6, 6.07) is 3.59. The number of alkyl halides is 3. The summed E-state index contributed by atoms with van der Waals surface area (Å²) in [4.78, 5) is 11.2. The van der Waals surface area contributed by atoms with Gasteiger partial charge in [0.05, 0.1) is 5.69 Å². The molecule has 0 aliphatic carbocycles. The Morgan fingerprint density at radius 2 is 2.11 bits per heavy atom. The van der Waals surface area contributed by atoms with Crippen molar-refractivity contribution in [3.63, 3.8) is 0 Å². The number of ether oxygens (including phenoxy) is 1. The highest BCUT2D eigenvalue weighted by molar-refractivity contribution is 6.30. The Bertz CT molecular complexity index is 564. The Morgan fingerprint density at radius 3 is 2.67 bits per heavy atom. The Kier molecular flexibility index (Phi) is 2.67. The molecule has 1 heterocycles. The highest BCUT2D eigenvalue weighted by atomic mass is 35.5. The van der Waals surface area contributed by atoms with E-state index in [2.05, 4.69) is 10.1 Å². The molecule has 0 fully saturated rings. The number of nitrogens with one attached hydrogen (secondary N) is 1. The summed E-state index contributed by atoms with van der Waals surface area (Å²) in [5.74, 6) is 1.50. The van der Waals surface area contributed by atoms with Crippen molar-refractivity contribution in [1.82, 2.24) is 0 Å². The van der Waals surface area contributed by atoms with Crippen LogP contribution in [-0.2, 0) is 10.3 Å². The van der Waals surface area contributed by atoms with Crippen LogP contribution < -0.4 is 5.32 Å². The van der Waals surface area contributed by atoms with Crippen LogP contribution in [0.5, 0.6) is 0 Å². The van der Waals surface area contributed by atoms with Crippen molar-refractivity contribution in [3.05, 3.63) is 28.8 Å². The van der Waals surface area contributed by atoms with E-state index in [1.807, 2.05) is 0 Å². The minimum absolute atomic E-state index is 0.0531. The summed E-state index contributed by atoms with van der Waals surface area (Å²) in [5.41, 5.74) is -3.61. The molecule has 1 aromatic rings. The van der Waals surface area contributed by atoms with Gasteiger partial charge >= 0.3 is 12.3 Å². The molecule has 1 aromatic carbocycles. The second-order valence-corrected chi connectivity index (χ2v) is 3.96. The quantitative estimate of drug-likeness (QED) is 0.738. The van der Waals surface area contributed by atoms with Gasteiger partial charge in [-0.25, -0.2) is 4.79 Å². The molecule has 0 saturated carbocycles. The van der Waals surface area contributed by atoms with Crippen LogP contribution in [0.4, 0.5) is 23.7 Å². The first-order valence-electron chi connectivity index (χ1n) is 4.65. The molecule has 1 aliphatic heterocycles. The van der Waals surface area contributed by atoms with Gasteiger partial charge in [-0.15, -0.1) is 6.42 Å². The number of carbonyl (C=O) groups is 1. The summed E-state index contributed by atoms with van der Waals surface area (Å²) < 4.78 is 43.6. The number of carbonyl (C=O) groups excluding carboxylic acids is 1. The van der Waals surface area contributed by atoms with Crippen LogP contribution in [0.1, 0.15) is 5.56 Å². The molecule has 1 amide bonds. The number of cyclic esters (lactones) is 1. The lowest BCUT2D eigenvalue weighted by molar-refractivity contribution is -0.239. The average molecular weight is 276 g/mol. The van der Waals surface area contributed by atoms with Crippen molar-refractivity contribution < 1.29 is 22.7 Å². The number of terminal acetylenes is 1. The molecular formula is C11H5ClF3NO2. The van der Waals surface area contributed by atoms with Crippen LogP contribution in [0.2, 0.25) is 5.02 Å². The van der Waals surface area contributed by atoms with Crippen LogP contribution in [0, 0.1) is 12.3 Å². The molecule has 1 aliphatic rings. The van der Waals surface area contributed by atoms with Crippen molar-refractivity contribution in [1.29, 1.82) is 0 Å². The van der Waals surface area contributed by atoms with Gasteiger partial charge in [0.2, 0.25) is 0 Å². The maximum Gasteiger partial charge on any atom is 0.445 e. The molecule has 0 radical (unpaired) electrons. The molecule has 0 aromatic heterocycles. The highest BCUT2D eigenvalue weighted by Crippen LogP contribution is 2.47. The van der Waals surface area contributed by atoms with E-state index in [-0.39, 0.29) is 10.7 Å². The van der Waals surface area contributed by atoms with E-state index in [9.17, 15) is 18.0 Å². The number of fused-ring (bicyclic) bond motifs is 1. The smallest absolute Gasteiger partial charge is 0.415 e. The summed E-state index contributed by atoms with van der Waals surface area (Å²) >= 11 is 5.64. The second-order valence-electron chi connectivity index (χ2n) is 3.53. The molecule has 0 saturated heterocycles. The maximum absolute atomic E-state index is 13.1. The Hall–Kier alpha value is -1.87. The predicted octanol–water partition coefficient (Wildman–Crippen LogP) is 3.29. The van der Waals surface area contributed by atoms with Crippen molar-refractivity contribution >= 4 is 23.4 Å². The minimum Gasteiger partial charge on any atom is -0.415 e. The molecular weight excluding hydrogens is 271 g/mol. The van der Waals surface area contributed by atoms with E-state index in [0.717, 1.165) is 6.07 Å². The molecule has 1 atom stereocenters. The van der Waals surface area contributed by atoms with E-state index in [4.69, 9.17) is 18.0 Å². The number of hydrogen-bond acceptors (Lipinski definition) is 2. The third-order valence-electron chi connectivity index (χ3n) is 2.45. The monoisotopic (exact) mass is 275 g/mol. The van der Waals surface area contributed by atoms with Gasteiger partial charge < -0.3 is 4.74 Å². The summed E-state index contributed by atoms with van der Waals surface area (Å²) in [6.45, 7) is 0. The van der Waals surface area contributed by atoms with Gasteiger partial charge in [-0.2, -0.15) is 13.2 Å². The highest BCUT2D eigenvalue weighted by Gasteiger charge is 2.61. The van der Waals surface area contributed by atoms with Crippen LogP contribution >= 0.6 is 11.6 Å². The molecule has 1 N–H and O–H groups in total. The lowest BCUT2D eigenvalue weighted by Crippen LogP contribution is -2.49. The minimum atomic E-state index is -4.95. The molecule has 94 valence electrons. The van der Waals surface area contributed by atoms with Crippen molar-refractivity contribution in [2.75, 3.05) is 5.32 Å². The van der Waals surface area contributed by atoms with Crippen LogP contribution in [0.15, 0.2) is 18.2 Å². The van der Waals surface area contributed by atoms with Gasteiger partial charge in [-0.1, -0.05) is 11.6 Å². The zero-order chi connectivity index (χ0) is 13.6. The van der Waals surface area contributed by atoms with Gasteiger partial charge in [0.1, 0.15) is 0 Å². The largest absolute Gasteiger partial charge is 0.445 e. The normalized spacial score (nSPS) is 22.5. The first-order valence-corrected chi connectivity index (χ1v) is 5.02. The number of benzene rings is 1. The number of amides is 1. The Labute approximate surface area is 105 Å².